The van der Waals surface area contributed by atoms with Crippen molar-refractivity contribution in [2.24, 2.45) is 0 Å². The number of fused-ring (bicyclic) bond motifs is 8. The Morgan fingerprint density at radius 3 is 2.00 bits per heavy atom. The van der Waals surface area contributed by atoms with E-state index in [0.29, 0.717) is 0 Å². The Bertz CT molecular complexity index is 2230. The number of nitrogens with zero attached hydrogens (tertiary/aromatic N) is 2. The number of hydrogen-bond acceptors (Lipinski definition) is 0. The third-order valence-corrected chi connectivity index (χ3v) is 9.58. The van der Waals surface area contributed by atoms with E-state index in [1.807, 2.05) is 0 Å². The summed E-state index contributed by atoms with van der Waals surface area (Å²) in [6.07, 6.45) is 0. The molecule has 0 radical (unpaired) electrons. The van der Waals surface area contributed by atoms with Crippen LogP contribution in [0, 0.1) is 6.92 Å². The van der Waals surface area contributed by atoms with Crippen LogP contribution in [-0.4, -0.2) is 15.9 Å². The molecule has 1 aliphatic heterocycles. The molecule has 0 unspecified atom stereocenters. The van der Waals surface area contributed by atoms with Gasteiger partial charge < -0.3 is 9.05 Å². The normalized spacial score (nSPS) is 13.5. The molecule has 0 saturated carbocycles. The van der Waals surface area contributed by atoms with Crippen LogP contribution in [0.15, 0.2) is 97.1 Å². The second kappa shape index (κ2) is 8.41. The molecule has 3 heterocycles. The lowest BCUT2D eigenvalue weighted by Crippen LogP contribution is -2.53. The Hall–Kier alpha value is -4.24. The lowest BCUT2D eigenvalue weighted by atomic mass is 9.47. The molecule has 7 aromatic rings. The van der Waals surface area contributed by atoms with Crippen LogP contribution in [0.2, 0.25) is 0 Å². The minimum absolute atomic E-state index is 0.0129. The highest BCUT2D eigenvalue weighted by molar-refractivity contribution is 6.88. The zero-order chi connectivity index (χ0) is 29.1. The van der Waals surface area contributed by atoms with Crippen molar-refractivity contribution in [3.63, 3.8) is 0 Å². The Balaban J connectivity index is 1.61. The molecule has 3 heteroatoms. The van der Waals surface area contributed by atoms with E-state index in [4.69, 9.17) is 0 Å². The lowest BCUT2D eigenvalue weighted by molar-refractivity contribution is 0.590. The summed E-state index contributed by atoms with van der Waals surface area (Å²) in [5, 5.41) is 5.35. The summed E-state index contributed by atoms with van der Waals surface area (Å²) < 4.78 is 5.19. The fourth-order valence-corrected chi connectivity index (χ4v) is 7.40. The van der Waals surface area contributed by atoms with E-state index in [0.717, 1.165) is 0 Å². The molecule has 0 saturated heterocycles. The van der Waals surface area contributed by atoms with Gasteiger partial charge in [0.05, 0.1) is 11.0 Å². The summed E-state index contributed by atoms with van der Waals surface area (Å²) >= 11 is 0. The number of hydrogen-bond donors (Lipinski definition) is 0. The maximum atomic E-state index is 2.64. The average molecular weight is 545 g/mol. The molecule has 0 spiro atoms. The van der Waals surface area contributed by atoms with Crippen LogP contribution in [0.3, 0.4) is 0 Å². The molecule has 0 bridgehead atoms. The topological polar surface area (TPSA) is 9.86 Å². The van der Waals surface area contributed by atoms with Gasteiger partial charge in [-0.2, -0.15) is 0 Å². The summed E-state index contributed by atoms with van der Waals surface area (Å²) in [6.45, 7) is 16.3. The van der Waals surface area contributed by atoms with E-state index in [9.17, 15) is 0 Å². The van der Waals surface area contributed by atoms with Crippen molar-refractivity contribution in [3.8, 4) is 5.69 Å². The molecule has 0 atom stereocenters. The third kappa shape index (κ3) is 3.40. The van der Waals surface area contributed by atoms with Gasteiger partial charge in [0.15, 0.2) is 0 Å². The van der Waals surface area contributed by atoms with Crippen molar-refractivity contribution in [1.82, 2.24) is 9.05 Å². The molecule has 1 aliphatic rings. The SMILES string of the molecule is Cc1cccc2c3ccccc3n(B3c4ccccc4-n4c5ccc(C(C)(C)C)cc5c5cc(C(C)(C)C)cc3c54)c12. The molecule has 0 amide bonds. The first-order valence-corrected chi connectivity index (χ1v) is 15.2. The number of para-hydroxylation sites is 3. The monoisotopic (exact) mass is 544 g/mol. The van der Waals surface area contributed by atoms with Gasteiger partial charge in [-0.15, -0.1) is 0 Å². The molecule has 0 N–H and O–H groups in total. The van der Waals surface area contributed by atoms with Crippen molar-refractivity contribution in [2.45, 2.75) is 59.3 Å². The minimum atomic E-state index is 0.0129. The molecule has 8 rings (SSSR count). The van der Waals surface area contributed by atoms with Crippen molar-refractivity contribution in [1.29, 1.82) is 0 Å². The lowest BCUT2D eigenvalue weighted by Gasteiger charge is -2.30. The maximum absolute atomic E-state index is 2.64. The Kier molecular flexibility index (Phi) is 5.10. The van der Waals surface area contributed by atoms with E-state index in [2.05, 4.69) is 155 Å². The summed E-state index contributed by atoms with van der Waals surface area (Å²) in [4.78, 5) is 0. The standard InChI is InChI=1S/C39H37BN2/c1-24-13-12-15-28-27-14-8-10-17-34(27)42(36(24)28)40-31-16-9-11-18-35(31)41-33-20-19-25(38(2,3)4)21-29(33)30-22-26(39(5,6)7)23-32(40)37(30)41/h8-23H,1-7H3. The third-order valence-electron chi connectivity index (χ3n) is 9.58. The van der Waals surface area contributed by atoms with Gasteiger partial charge in [-0.3, -0.25) is 0 Å². The molecule has 0 aliphatic carbocycles. The van der Waals surface area contributed by atoms with Crippen molar-refractivity contribution in [2.75, 3.05) is 0 Å². The van der Waals surface area contributed by atoms with Gasteiger partial charge in [-0.05, 0) is 75.7 Å². The molecular weight excluding hydrogens is 507 g/mol. The first-order chi connectivity index (χ1) is 20.0. The van der Waals surface area contributed by atoms with Crippen LogP contribution in [-0.2, 0) is 10.8 Å². The van der Waals surface area contributed by atoms with Crippen LogP contribution in [0.1, 0.15) is 58.2 Å². The number of benzene rings is 5. The predicted octanol–water partition coefficient (Wildman–Crippen LogP) is 8.76. The second-order valence-corrected chi connectivity index (χ2v) is 14.3. The Labute approximate surface area is 248 Å². The molecule has 206 valence electrons. The highest BCUT2D eigenvalue weighted by Crippen LogP contribution is 2.39. The van der Waals surface area contributed by atoms with E-state index >= 15 is 0 Å². The molecular formula is C39H37BN2. The first-order valence-electron chi connectivity index (χ1n) is 15.2. The maximum Gasteiger partial charge on any atom is 0.332 e. The molecule has 42 heavy (non-hydrogen) atoms. The van der Waals surface area contributed by atoms with Crippen LogP contribution in [0.25, 0.3) is 49.3 Å². The van der Waals surface area contributed by atoms with E-state index in [-0.39, 0.29) is 17.7 Å². The van der Waals surface area contributed by atoms with Crippen LogP contribution < -0.4 is 10.9 Å². The smallest absolute Gasteiger partial charge is 0.332 e. The van der Waals surface area contributed by atoms with Gasteiger partial charge in [0.2, 0.25) is 0 Å². The molecule has 5 aromatic carbocycles. The van der Waals surface area contributed by atoms with Gasteiger partial charge in [-0.25, -0.2) is 0 Å². The average Bonchev–Trinajstić information content (AvgIpc) is 3.47. The summed E-state index contributed by atoms with van der Waals surface area (Å²) in [5.41, 5.74) is 13.4. The van der Waals surface area contributed by atoms with Crippen LogP contribution >= 0.6 is 0 Å². The fraction of sp³-hybridized carbons (Fsp3) is 0.231. The van der Waals surface area contributed by atoms with E-state index in [1.54, 1.807) is 0 Å². The summed E-state index contributed by atoms with van der Waals surface area (Å²) in [7, 11) is 0. The zero-order valence-corrected chi connectivity index (χ0v) is 25.7. The number of aryl methyl sites for hydroxylation is 1. The number of rotatable bonds is 1. The molecule has 2 nitrogen and oxygen atoms in total. The number of aromatic nitrogens is 2. The first kappa shape index (κ1) is 25.5. The van der Waals surface area contributed by atoms with Crippen molar-refractivity contribution in [3.05, 3.63) is 114 Å². The largest absolute Gasteiger partial charge is 0.376 e. The fourth-order valence-electron chi connectivity index (χ4n) is 7.40. The summed E-state index contributed by atoms with van der Waals surface area (Å²) in [5.74, 6) is 0. The quantitative estimate of drug-likeness (QED) is 0.183. The zero-order valence-electron chi connectivity index (χ0n) is 25.7. The Morgan fingerprint density at radius 1 is 0.524 bits per heavy atom. The van der Waals surface area contributed by atoms with E-state index < -0.39 is 0 Å². The highest BCUT2D eigenvalue weighted by atomic mass is 15.0. The van der Waals surface area contributed by atoms with Gasteiger partial charge in [0.1, 0.15) is 0 Å². The van der Waals surface area contributed by atoms with E-state index in [1.165, 1.54) is 76.9 Å². The molecule has 0 fully saturated rings. The second-order valence-electron chi connectivity index (χ2n) is 14.3. The van der Waals surface area contributed by atoms with Gasteiger partial charge in [0.25, 0.3) is 0 Å². The summed E-state index contributed by atoms with van der Waals surface area (Å²) in [6, 6.07) is 36.9. The van der Waals surface area contributed by atoms with Crippen molar-refractivity contribution >= 4 is 61.4 Å². The van der Waals surface area contributed by atoms with Crippen LogP contribution in [0.4, 0.5) is 0 Å². The molecule has 2 aromatic heterocycles. The minimum Gasteiger partial charge on any atom is -0.376 e. The van der Waals surface area contributed by atoms with Gasteiger partial charge in [0, 0.05) is 38.3 Å². The van der Waals surface area contributed by atoms with Crippen molar-refractivity contribution < 1.29 is 0 Å². The van der Waals surface area contributed by atoms with Gasteiger partial charge >= 0.3 is 6.85 Å². The predicted molar refractivity (Wildman–Crippen MR) is 183 cm³/mol. The van der Waals surface area contributed by atoms with Gasteiger partial charge in [-0.1, -0.05) is 108 Å². The van der Waals surface area contributed by atoms with Crippen LogP contribution in [0.5, 0.6) is 0 Å². The highest BCUT2D eigenvalue weighted by Gasteiger charge is 2.37. The Morgan fingerprint density at radius 2 is 1.21 bits per heavy atom.